The molecule has 0 spiro atoms. The van der Waals surface area contributed by atoms with E-state index in [4.69, 9.17) is 5.26 Å². The molecule has 1 saturated heterocycles. The highest BCUT2D eigenvalue weighted by molar-refractivity contribution is 5.35. The van der Waals surface area contributed by atoms with Crippen LogP contribution in [0, 0.1) is 11.3 Å². The molecule has 0 unspecified atom stereocenters. The summed E-state index contributed by atoms with van der Waals surface area (Å²) in [4.78, 5) is 2.21. The molecular weight excluding hydrogens is 224 g/mol. The lowest BCUT2D eigenvalue weighted by Gasteiger charge is -2.37. The minimum Gasteiger partial charge on any atom is -0.385 e. The topological polar surface area (TPSA) is 47.3 Å². The first-order valence-corrected chi connectivity index (χ1v) is 6.56. The molecule has 0 radical (unpaired) electrons. The maximum Gasteiger partial charge on any atom is 0.0991 e. The third-order valence-electron chi connectivity index (χ3n) is 3.34. The van der Waals surface area contributed by atoms with E-state index in [1.165, 1.54) is 0 Å². The van der Waals surface area contributed by atoms with E-state index in [9.17, 15) is 5.11 Å². The maximum absolute atomic E-state index is 10.5. The second kappa shape index (κ2) is 6.53. The Morgan fingerprint density at radius 2 is 1.89 bits per heavy atom. The summed E-state index contributed by atoms with van der Waals surface area (Å²) in [6.45, 7) is 5.79. The molecule has 0 amide bonds. The van der Waals surface area contributed by atoms with Crippen LogP contribution in [0.4, 0.5) is 0 Å². The Morgan fingerprint density at radius 1 is 1.28 bits per heavy atom. The summed E-state index contributed by atoms with van der Waals surface area (Å²) < 4.78 is 0. The summed E-state index contributed by atoms with van der Waals surface area (Å²) in [5.41, 5.74) is 0.740. The van der Waals surface area contributed by atoms with Crippen molar-refractivity contribution in [3.05, 3.63) is 35.4 Å². The summed E-state index contributed by atoms with van der Waals surface area (Å²) >= 11 is 0. The van der Waals surface area contributed by atoms with Gasteiger partial charge >= 0.3 is 0 Å². The SMILES string of the molecule is CC.CN1CCC(O)(c2cccc(C#N)c2)CC1. The number of nitrogens with zero attached hydrogens (tertiary/aromatic N) is 2. The Labute approximate surface area is 110 Å². The molecule has 98 valence electrons. The van der Waals surface area contributed by atoms with Gasteiger partial charge in [0, 0.05) is 13.1 Å². The molecule has 1 heterocycles. The summed E-state index contributed by atoms with van der Waals surface area (Å²) in [7, 11) is 2.06. The average molecular weight is 246 g/mol. The number of hydrogen-bond acceptors (Lipinski definition) is 3. The zero-order chi connectivity index (χ0) is 13.6. The lowest BCUT2D eigenvalue weighted by atomic mass is 9.84. The lowest BCUT2D eigenvalue weighted by molar-refractivity contribution is -0.0203. The first kappa shape index (κ1) is 14.7. The van der Waals surface area contributed by atoms with E-state index in [1.54, 1.807) is 12.1 Å². The molecule has 18 heavy (non-hydrogen) atoms. The minimum absolute atomic E-state index is 0.616. The summed E-state index contributed by atoms with van der Waals surface area (Å²) in [5, 5.41) is 19.4. The van der Waals surface area contributed by atoms with Gasteiger partial charge in [-0.1, -0.05) is 26.0 Å². The van der Waals surface area contributed by atoms with Crippen LogP contribution in [0.25, 0.3) is 0 Å². The Morgan fingerprint density at radius 3 is 2.44 bits per heavy atom. The predicted octanol–water partition coefficient (Wildman–Crippen LogP) is 2.50. The van der Waals surface area contributed by atoms with Crippen LogP contribution in [0.1, 0.15) is 37.8 Å². The molecule has 3 nitrogen and oxygen atoms in total. The van der Waals surface area contributed by atoms with Crippen molar-refractivity contribution in [3.8, 4) is 6.07 Å². The lowest BCUT2D eigenvalue weighted by Crippen LogP contribution is -2.40. The highest BCUT2D eigenvalue weighted by Crippen LogP contribution is 2.32. The van der Waals surface area contributed by atoms with E-state index in [-0.39, 0.29) is 0 Å². The van der Waals surface area contributed by atoms with Crippen LogP contribution in [-0.2, 0) is 5.60 Å². The van der Waals surface area contributed by atoms with Crippen molar-refractivity contribution >= 4 is 0 Å². The molecule has 3 heteroatoms. The van der Waals surface area contributed by atoms with Crippen molar-refractivity contribution in [2.24, 2.45) is 0 Å². The molecule has 1 aliphatic heterocycles. The van der Waals surface area contributed by atoms with Crippen molar-refractivity contribution in [1.82, 2.24) is 4.90 Å². The first-order valence-electron chi connectivity index (χ1n) is 6.56. The van der Waals surface area contributed by atoms with Crippen molar-refractivity contribution in [2.45, 2.75) is 32.3 Å². The molecule has 1 aromatic carbocycles. The second-order valence-corrected chi connectivity index (χ2v) is 4.53. The van der Waals surface area contributed by atoms with Crippen molar-refractivity contribution in [1.29, 1.82) is 5.26 Å². The molecule has 1 fully saturated rings. The van der Waals surface area contributed by atoms with Gasteiger partial charge in [0.25, 0.3) is 0 Å². The molecule has 0 atom stereocenters. The van der Waals surface area contributed by atoms with E-state index in [1.807, 2.05) is 26.0 Å². The normalized spacial score (nSPS) is 18.4. The van der Waals surface area contributed by atoms with Gasteiger partial charge in [0.05, 0.1) is 17.2 Å². The van der Waals surface area contributed by atoms with E-state index >= 15 is 0 Å². The third kappa shape index (κ3) is 3.32. The number of hydrogen-bond donors (Lipinski definition) is 1. The summed E-state index contributed by atoms with van der Waals surface area (Å²) in [5.74, 6) is 0. The van der Waals surface area contributed by atoms with Crippen molar-refractivity contribution in [3.63, 3.8) is 0 Å². The first-order chi connectivity index (χ1) is 8.64. The molecule has 1 N–H and O–H groups in total. The highest BCUT2D eigenvalue weighted by atomic mass is 16.3. The predicted molar refractivity (Wildman–Crippen MR) is 73.1 cm³/mol. The van der Waals surface area contributed by atoms with Gasteiger partial charge < -0.3 is 10.0 Å². The summed E-state index contributed by atoms with van der Waals surface area (Å²) in [6, 6.07) is 9.42. The van der Waals surface area contributed by atoms with Crippen LogP contribution in [0.3, 0.4) is 0 Å². The fourth-order valence-corrected chi connectivity index (χ4v) is 2.16. The van der Waals surface area contributed by atoms with Crippen LogP contribution in [-0.4, -0.2) is 30.1 Å². The Balaban J connectivity index is 0.000000771. The molecule has 0 bridgehead atoms. The van der Waals surface area contributed by atoms with Gasteiger partial charge in [-0.2, -0.15) is 5.26 Å². The van der Waals surface area contributed by atoms with E-state index in [0.29, 0.717) is 5.56 Å². The molecule has 1 aliphatic rings. The van der Waals surface area contributed by atoms with Crippen LogP contribution in [0.15, 0.2) is 24.3 Å². The molecule has 0 saturated carbocycles. The van der Waals surface area contributed by atoms with Gasteiger partial charge in [-0.05, 0) is 37.6 Å². The van der Waals surface area contributed by atoms with Gasteiger partial charge in [-0.25, -0.2) is 0 Å². The van der Waals surface area contributed by atoms with E-state index in [2.05, 4.69) is 18.0 Å². The van der Waals surface area contributed by atoms with Gasteiger partial charge in [0.15, 0.2) is 0 Å². The number of nitriles is 1. The van der Waals surface area contributed by atoms with Gasteiger partial charge in [-0.15, -0.1) is 0 Å². The zero-order valence-electron chi connectivity index (χ0n) is 11.5. The Bertz CT molecular complexity index is 415. The largest absolute Gasteiger partial charge is 0.385 e. The van der Waals surface area contributed by atoms with Crippen LogP contribution in [0.5, 0.6) is 0 Å². The quantitative estimate of drug-likeness (QED) is 0.828. The minimum atomic E-state index is -0.751. The molecule has 0 aliphatic carbocycles. The van der Waals surface area contributed by atoms with E-state index < -0.39 is 5.60 Å². The van der Waals surface area contributed by atoms with E-state index in [0.717, 1.165) is 31.5 Å². The number of aliphatic hydroxyl groups is 1. The van der Waals surface area contributed by atoms with Crippen LogP contribution in [0.2, 0.25) is 0 Å². The maximum atomic E-state index is 10.5. The fraction of sp³-hybridized carbons (Fsp3) is 0.533. The van der Waals surface area contributed by atoms with Gasteiger partial charge in [0.1, 0.15) is 0 Å². The number of rotatable bonds is 1. The van der Waals surface area contributed by atoms with Crippen molar-refractivity contribution < 1.29 is 5.11 Å². The monoisotopic (exact) mass is 246 g/mol. The highest BCUT2D eigenvalue weighted by Gasteiger charge is 2.32. The average Bonchev–Trinajstić information content (AvgIpc) is 2.44. The Hall–Kier alpha value is -1.37. The standard InChI is InChI=1S/C13H16N2O.C2H6/c1-15-7-5-13(16,6-8-15)12-4-2-3-11(9-12)10-14;1-2/h2-4,9,16H,5-8H2,1H3;1-2H3. The van der Waals surface area contributed by atoms with Crippen LogP contribution < -0.4 is 0 Å². The number of likely N-dealkylation sites (tertiary alicyclic amines) is 1. The fourth-order valence-electron chi connectivity index (χ4n) is 2.16. The molecule has 0 aromatic heterocycles. The third-order valence-corrected chi connectivity index (χ3v) is 3.34. The Kier molecular flexibility index (Phi) is 5.33. The smallest absolute Gasteiger partial charge is 0.0991 e. The van der Waals surface area contributed by atoms with Crippen molar-refractivity contribution in [2.75, 3.05) is 20.1 Å². The number of benzene rings is 1. The molecule has 1 aromatic rings. The molecular formula is C15H22N2O. The second-order valence-electron chi connectivity index (χ2n) is 4.53. The van der Waals surface area contributed by atoms with Gasteiger partial charge in [-0.3, -0.25) is 0 Å². The molecule has 2 rings (SSSR count). The number of piperidine rings is 1. The van der Waals surface area contributed by atoms with Gasteiger partial charge in [0.2, 0.25) is 0 Å². The van der Waals surface area contributed by atoms with Crippen LogP contribution >= 0.6 is 0 Å². The zero-order valence-corrected chi connectivity index (χ0v) is 11.5. The summed E-state index contributed by atoms with van der Waals surface area (Å²) in [6.07, 6.45) is 1.47.